The van der Waals surface area contributed by atoms with Gasteiger partial charge in [-0.2, -0.15) is 0 Å². The quantitative estimate of drug-likeness (QED) is 0.793. The van der Waals surface area contributed by atoms with Crippen LogP contribution in [0.5, 0.6) is 0 Å². The molecule has 0 saturated heterocycles. The summed E-state index contributed by atoms with van der Waals surface area (Å²) in [5.74, 6) is 4.32. The van der Waals surface area contributed by atoms with E-state index in [-0.39, 0.29) is 5.41 Å². The maximum atomic E-state index is 6.16. The van der Waals surface area contributed by atoms with E-state index in [1.165, 1.54) is 38.5 Å². The second-order valence-electron chi connectivity index (χ2n) is 7.32. The molecule has 1 aromatic heterocycles. The average Bonchev–Trinajstić information content (AvgIpc) is 2.42. The van der Waals surface area contributed by atoms with Crippen LogP contribution in [0.25, 0.3) is 0 Å². The standard InChI is InChI=1S/C16H22IN3O/c1-21-8-12-13(17)14(18)20-15(19-12)16-5-9-2-10(6-16)4-11(3-9)7-16/h9-11H,2-8H2,1H3,(H2,18,19,20). The molecule has 0 aliphatic heterocycles. The second-order valence-corrected chi connectivity index (χ2v) is 8.40. The summed E-state index contributed by atoms with van der Waals surface area (Å²) in [7, 11) is 1.71. The van der Waals surface area contributed by atoms with Crippen molar-refractivity contribution in [2.24, 2.45) is 17.8 Å². The third-order valence-corrected chi connectivity index (χ3v) is 6.91. The van der Waals surface area contributed by atoms with E-state index >= 15 is 0 Å². The Balaban J connectivity index is 1.76. The van der Waals surface area contributed by atoms with E-state index in [4.69, 9.17) is 20.4 Å². The van der Waals surface area contributed by atoms with Crippen LogP contribution in [0.15, 0.2) is 0 Å². The average molecular weight is 399 g/mol. The predicted octanol–water partition coefficient (Wildman–Crippen LogP) is 3.28. The van der Waals surface area contributed by atoms with Crippen LogP contribution < -0.4 is 5.73 Å². The number of methoxy groups -OCH3 is 1. The van der Waals surface area contributed by atoms with E-state index in [1.807, 2.05) is 0 Å². The Kier molecular flexibility index (Phi) is 3.41. The first kappa shape index (κ1) is 14.2. The molecule has 5 heteroatoms. The van der Waals surface area contributed by atoms with Crippen molar-refractivity contribution in [3.63, 3.8) is 0 Å². The van der Waals surface area contributed by atoms with Crippen molar-refractivity contribution in [1.29, 1.82) is 0 Å². The van der Waals surface area contributed by atoms with Gasteiger partial charge in [0.25, 0.3) is 0 Å². The van der Waals surface area contributed by atoms with E-state index in [1.54, 1.807) is 7.11 Å². The van der Waals surface area contributed by atoms with Crippen molar-refractivity contribution in [2.75, 3.05) is 12.8 Å². The lowest BCUT2D eigenvalue weighted by Crippen LogP contribution is -2.49. The highest BCUT2D eigenvalue weighted by molar-refractivity contribution is 14.1. The molecular formula is C16H22IN3O. The number of rotatable bonds is 3. The molecule has 21 heavy (non-hydrogen) atoms. The molecular weight excluding hydrogens is 377 g/mol. The number of nitrogens with two attached hydrogens (primary N) is 1. The van der Waals surface area contributed by atoms with Crippen molar-refractivity contribution < 1.29 is 4.74 Å². The molecule has 1 aromatic rings. The van der Waals surface area contributed by atoms with Gasteiger partial charge in [-0.25, -0.2) is 9.97 Å². The molecule has 0 spiro atoms. The summed E-state index contributed by atoms with van der Waals surface area (Å²) in [6, 6.07) is 0. The lowest BCUT2D eigenvalue weighted by atomic mass is 9.49. The zero-order chi connectivity index (χ0) is 14.6. The van der Waals surface area contributed by atoms with Crippen LogP contribution in [0.3, 0.4) is 0 Å². The minimum absolute atomic E-state index is 0.204. The minimum atomic E-state index is 0.204. The summed E-state index contributed by atoms with van der Waals surface area (Å²) < 4.78 is 6.23. The van der Waals surface area contributed by atoms with Crippen molar-refractivity contribution >= 4 is 28.4 Å². The Morgan fingerprint density at radius 3 is 2.24 bits per heavy atom. The lowest BCUT2D eigenvalue weighted by molar-refractivity contribution is -0.00958. The SMILES string of the molecule is COCc1nc(C23CC4CC(CC(C4)C2)C3)nc(N)c1I. The number of ether oxygens (including phenoxy) is 1. The topological polar surface area (TPSA) is 61.0 Å². The van der Waals surface area contributed by atoms with Crippen LogP contribution in [-0.4, -0.2) is 17.1 Å². The van der Waals surface area contributed by atoms with Crippen LogP contribution in [0.4, 0.5) is 5.82 Å². The number of nitrogens with zero attached hydrogens (tertiary/aromatic N) is 2. The van der Waals surface area contributed by atoms with Gasteiger partial charge in [-0.15, -0.1) is 0 Å². The van der Waals surface area contributed by atoms with Crippen LogP contribution in [-0.2, 0) is 16.8 Å². The van der Waals surface area contributed by atoms with Crippen molar-refractivity contribution in [1.82, 2.24) is 9.97 Å². The van der Waals surface area contributed by atoms with Gasteiger partial charge in [0.1, 0.15) is 11.6 Å². The minimum Gasteiger partial charge on any atom is -0.383 e. The smallest absolute Gasteiger partial charge is 0.141 e. The Morgan fingerprint density at radius 2 is 1.71 bits per heavy atom. The molecule has 4 saturated carbocycles. The normalized spacial score (nSPS) is 37.1. The molecule has 2 N–H and O–H groups in total. The first-order chi connectivity index (χ1) is 10.1. The predicted molar refractivity (Wildman–Crippen MR) is 89.7 cm³/mol. The molecule has 0 unspecified atom stereocenters. The van der Waals surface area contributed by atoms with Crippen LogP contribution >= 0.6 is 22.6 Å². The highest BCUT2D eigenvalue weighted by Crippen LogP contribution is 2.60. The third kappa shape index (κ3) is 2.27. The molecule has 4 fully saturated rings. The number of nitrogen functional groups attached to an aromatic ring is 1. The molecule has 4 nitrogen and oxygen atoms in total. The fourth-order valence-electron chi connectivity index (χ4n) is 5.37. The van der Waals surface area contributed by atoms with Crippen LogP contribution in [0.2, 0.25) is 0 Å². The van der Waals surface area contributed by atoms with Gasteiger partial charge in [-0.1, -0.05) is 0 Å². The van der Waals surface area contributed by atoms with Crippen molar-refractivity contribution in [3.8, 4) is 0 Å². The van der Waals surface area contributed by atoms with Gasteiger partial charge in [0.15, 0.2) is 0 Å². The van der Waals surface area contributed by atoms with E-state index < -0.39 is 0 Å². The third-order valence-electron chi connectivity index (χ3n) is 5.74. The van der Waals surface area contributed by atoms with Gasteiger partial charge in [-0.05, 0) is 78.9 Å². The molecule has 0 aromatic carbocycles. The van der Waals surface area contributed by atoms with Gasteiger partial charge in [0.05, 0.1) is 15.9 Å². The Hall–Kier alpha value is -0.430. The molecule has 4 bridgehead atoms. The summed E-state index contributed by atoms with van der Waals surface area (Å²) in [4.78, 5) is 9.60. The van der Waals surface area contributed by atoms with Gasteiger partial charge >= 0.3 is 0 Å². The molecule has 0 radical (unpaired) electrons. The molecule has 114 valence electrons. The van der Waals surface area contributed by atoms with Crippen LogP contribution in [0.1, 0.15) is 50.0 Å². The monoisotopic (exact) mass is 399 g/mol. The summed E-state index contributed by atoms with van der Waals surface area (Å²) >= 11 is 2.23. The highest BCUT2D eigenvalue weighted by Gasteiger charge is 2.53. The van der Waals surface area contributed by atoms with Crippen molar-refractivity contribution in [2.45, 2.75) is 50.5 Å². The molecule has 0 atom stereocenters. The number of hydrogen-bond donors (Lipinski definition) is 1. The van der Waals surface area contributed by atoms with Crippen molar-refractivity contribution in [3.05, 3.63) is 15.1 Å². The molecule has 5 rings (SSSR count). The summed E-state index contributed by atoms with van der Waals surface area (Å²) in [6.45, 7) is 0.518. The highest BCUT2D eigenvalue weighted by atomic mass is 127. The van der Waals surface area contributed by atoms with Gasteiger partial charge < -0.3 is 10.5 Å². The zero-order valence-corrected chi connectivity index (χ0v) is 14.6. The van der Waals surface area contributed by atoms with Gasteiger partial charge in [-0.3, -0.25) is 0 Å². The fourth-order valence-corrected chi connectivity index (χ4v) is 5.76. The van der Waals surface area contributed by atoms with E-state index in [9.17, 15) is 0 Å². The number of aromatic nitrogens is 2. The summed E-state index contributed by atoms with van der Waals surface area (Å²) in [5, 5.41) is 0. The largest absolute Gasteiger partial charge is 0.383 e. The van der Waals surface area contributed by atoms with E-state index in [2.05, 4.69) is 22.6 Å². The van der Waals surface area contributed by atoms with E-state index in [0.717, 1.165) is 32.8 Å². The summed E-state index contributed by atoms with van der Waals surface area (Å²) in [6.07, 6.45) is 8.11. The zero-order valence-electron chi connectivity index (χ0n) is 12.4. The first-order valence-corrected chi connectivity index (χ1v) is 8.99. The van der Waals surface area contributed by atoms with Crippen LogP contribution in [0, 0.1) is 21.3 Å². The van der Waals surface area contributed by atoms with Gasteiger partial charge in [0, 0.05) is 12.5 Å². The van der Waals surface area contributed by atoms with Gasteiger partial charge in [0.2, 0.25) is 0 Å². The molecule has 0 amide bonds. The molecule has 4 aliphatic carbocycles. The molecule has 1 heterocycles. The maximum absolute atomic E-state index is 6.16. The maximum Gasteiger partial charge on any atom is 0.141 e. The van der Waals surface area contributed by atoms with E-state index in [0.29, 0.717) is 12.4 Å². The number of anilines is 1. The number of hydrogen-bond acceptors (Lipinski definition) is 4. The Labute approximate surface area is 139 Å². The molecule has 4 aliphatic rings. The number of halogens is 1. The second kappa shape index (κ2) is 5.05. The Morgan fingerprint density at radius 1 is 1.14 bits per heavy atom. The fraction of sp³-hybridized carbons (Fsp3) is 0.750. The Bertz CT molecular complexity index is 540. The summed E-state index contributed by atoms with van der Waals surface area (Å²) in [5.41, 5.74) is 7.32. The first-order valence-electron chi connectivity index (χ1n) is 7.91. The lowest BCUT2D eigenvalue weighted by Gasteiger charge is -2.56.